The first-order valence-electron chi connectivity index (χ1n) is 9.58. The van der Waals surface area contributed by atoms with Crippen molar-refractivity contribution in [3.8, 4) is 11.5 Å². The highest BCUT2D eigenvalue weighted by Gasteiger charge is 2.25. The topological polar surface area (TPSA) is 97.3 Å². The Morgan fingerprint density at radius 3 is 2.62 bits per heavy atom. The molecular formula is C21H23Cl2F2N5O2. The molecule has 3 N–H and O–H groups in total. The number of nitrogens with one attached hydrogen (secondary N) is 1. The quantitative estimate of drug-likeness (QED) is 0.572. The van der Waals surface area contributed by atoms with Crippen LogP contribution in [-0.2, 0) is 0 Å². The van der Waals surface area contributed by atoms with E-state index < -0.39 is 23.1 Å². The molecule has 4 rings (SSSR count). The summed E-state index contributed by atoms with van der Waals surface area (Å²) in [5.74, 6) is -2.12. The maximum absolute atomic E-state index is 14.0. The van der Waals surface area contributed by atoms with Gasteiger partial charge in [-0.05, 0) is 30.5 Å². The van der Waals surface area contributed by atoms with Gasteiger partial charge in [-0.2, -0.15) is 0 Å². The largest absolute Gasteiger partial charge is 0.443 e. The van der Waals surface area contributed by atoms with E-state index in [1.165, 1.54) is 12.3 Å². The number of halogens is 4. The summed E-state index contributed by atoms with van der Waals surface area (Å²) < 4.78 is 33.1. The van der Waals surface area contributed by atoms with Crippen molar-refractivity contribution in [1.29, 1.82) is 0 Å². The van der Waals surface area contributed by atoms with Gasteiger partial charge in [0.05, 0.1) is 17.6 Å². The lowest BCUT2D eigenvalue weighted by Crippen LogP contribution is -2.46. The number of piperidine rings is 1. The summed E-state index contributed by atoms with van der Waals surface area (Å²) in [4.78, 5) is 22.8. The number of aromatic nitrogens is 2. The first-order valence-corrected chi connectivity index (χ1v) is 9.58. The minimum absolute atomic E-state index is 0. The molecule has 0 unspecified atom stereocenters. The van der Waals surface area contributed by atoms with E-state index in [-0.39, 0.29) is 42.4 Å². The van der Waals surface area contributed by atoms with Crippen LogP contribution in [0.25, 0.3) is 11.5 Å². The van der Waals surface area contributed by atoms with Gasteiger partial charge in [-0.25, -0.2) is 13.8 Å². The molecular weight excluding hydrogens is 463 g/mol. The number of nitrogens with zero attached hydrogens (tertiary/aromatic N) is 3. The van der Waals surface area contributed by atoms with Crippen molar-refractivity contribution in [2.75, 3.05) is 23.3 Å². The fourth-order valence-corrected chi connectivity index (χ4v) is 3.74. The van der Waals surface area contributed by atoms with Gasteiger partial charge < -0.3 is 20.4 Å². The third kappa shape index (κ3) is 5.35. The van der Waals surface area contributed by atoms with Crippen LogP contribution >= 0.6 is 24.8 Å². The molecule has 172 valence electrons. The van der Waals surface area contributed by atoms with E-state index in [4.69, 9.17) is 10.2 Å². The number of oxazole rings is 1. The van der Waals surface area contributed by atoms with E-state index >= 15 is 0 Å². The smallest absolute Gasteiger partial charge is 0.277 e. The predicted octanol–water partition coefficient (Wildman–Crippen LogP) is 4.28. The molecule has 0 radical (unpaired) electrons. The van der Waals surface area contributed by atoms with Crippen molar-refractivity contribution >= 4 is 42.1 Å². The molecule has 0 aliphatic carbocycles. The molecule has 1 aromatic carbocycles. The van der Waals surface area contributed by atoms with Crippen molar-refractivity contribution in [3.63, 3.8) is 0 Å². The van der Waals surface area contributed by atoms with E-state index in [0.717, 1.165) is 37.0 Å². The Balaban J connectivity index is 0.00000181. The van der Waals surface area contributed by atoms with Gasteiger partial charge in [-0.1, -0.05) is 13.0 Å². The van der Waals surface area contributed by atoms with Gasteiger partial charge in [0.1, 0.15) is 23.5 Å². The number of nitrogens with two attached hydrogens (primary N) is 1. The van der Waals surface area contributed by atoms with Crippen LogP contribution in [-0.4, -0.2) is 35.0 Å². The number of rotatable bonds is 4. The predicted molar refractivity (Wildman–Crippen MR) is 123 cm³/mol. The van der Waals surface area contributed by atoms with Crippen LogP contribution in [0.5, 0.6) is 0 Å². The average Bonchev–Trinajstić information content (AvgIpc) is 3.17. The molecule has 2 aromatic heterocycles. The van der Waals surface area contributed by atoms with Crippen LogP contribution in [0.4, 0.5) is 20.2 Å². The Labute approximate surface area is 196 Å². The fraction of sp³-hybridized carbons (Fsp3) is 0.286. The Morgan fingerprint density at radius 1 is 1.22 bits per heavy atom. The highest BCUT2D eigenvalue weighted by Crippen LogP contribution is 2.30. The zero-order valence-corrected chi connectivity index (χ0v) is 18.8. The van der Waals surface area contributed by atoms with Crippen molar-refractivity contribution in [2.24, 2.45) is 11.7 Å². The molecule has 3 aromatic rings. The Hall–Kier alpha value is -2.75. The lowest BCUT2D eigenvalue weighted by molar-refractivity contribution is 0.102. The van der Waals surface area contributed by atoms with E-state index in [2.05, 4.69) is 27.1 Å². The average molecular weight is 486 g/mol. The molecule has 2 atom stereocenters. The third-order valence-corrected chi connectivity index (χ3v) is 4.99. The molecule has 1 aliphatic rings. The number of carbonyl (C=O) groups is 1. The maximum atomic E-state index is 14.0. The monoisotopic (exact) mass is 485 g/mol. The number of pyridine rings is 1. The SMILES string of the molecule is C[C@@H]1C[C@H](N)CN(c2ccncc2NC(=O)c2coc(-c3c(F)cccc3F)n2)C1.Cl.Cl. The van der Waals surface area contributed by atoms with Gasteiger partial charge in [-0.3, -0.25) is 9.78 Å². The highest BCUT2D eigenvalue weighted by atomic mass is 35.5. The highest BCUT2D eigenvalue weighted by molar-refractivity contribution is 6.04. The molecule has 0 spiro atoms. The molecule has 0 bridgehead atoms. The standard InChI is InChI=1S/C21H21F2N5O2.2ClH/c1-12-7-13(24)10-28(9-12)18-5-6-25-8-16(18)26-20(29)17-11-30-21(27-17)19-14(22)3-2-4-15(19)23;;/h2-6,8,11-13H,7,9-10,24H2,1H3,(H,26,29);2*1H/t12-,13+;;/m1../s1. The first-order chi connectivity index (χ1) is 14.4. The molecule has 7 nitrogen and oxygen atoms in total. The molecule has 11 heteroatoms. The number of hydrogen-bond acceptors (Lipinski definition) is 6. The van der Waals surface area contributed by atoms with E-state index in [1.54, 1.807) is 6.20 Å². The molecule has 32 heavy (non-hydrogen) atoms. The second-order valence-electron chi connectivity index (χ2n) is 7.49. The lowest BCUT2D eigenvalue weighted by Gasteiger charge is -2.37. The number of carbonyl (C=O) groups excluding carboxylic acids is 1. The van der Waals surface area contributed by atoms with Crippen molar-refractivity contribution in [1.82, 2.24) is 9.97 Å². The van der Waals surface area contributed by atoms with Crippen molar-refractivity contribution in [2.45, 2.75) is 19.4 Å². The first kappa shape index (κ1) is 25.5. The van der Waals surface area contributed by atoms with Crippen LogP contribution in [0.1, 0.15) is 23.8 Å². The number of anilines is 2. The molecule has 1 aliphatic heterocycles. The van der Waals surface area contributed by atoms with Crippen molar-refractivity contribution < 1.29 is 18.0 Å². The van der Waals surface area contributed by atoms with Gasteiger partial charge in [0.15, 0.2) is 5.69 Å². The fourth-order valence-electron chi connectivity index (χ4n) is 3.74. The van der Waals surface area contributed by atoms with Crippen LogP contribution in [0, 0.1) is 17.6 Å². The summed E-state index contributed by atoms with van der Waals surface area (Å²) in [5, 5.41) is 2.75. The van der Waals surface area contributed by atoms with Gasteiger partial charge in [-0.15, -0.1) is 24.8 Å². The van der Waals surface area contributed by atoms with Crippen LogP contribution in [0.3, 0.4) is 0 Å². The van der Waals surface area contributed by atoms with Crippen LogP contribution in [0.2, 0.25) is 0 Å². The molecule has 1 saturated heterocycles. The molecule has 1 amide bonds. The third-order valence-electron chi connectivity index (χ3n) is 4.99. The van der Waals surface area contributed by atoms with Crippen LogP contribution < -0.4 is 16.0 Å². The van der Waals surface area contributed by atoms with Crippen LogP contribution in [0.15, 0.2) is 47.3 Å². The number of benzene rings is 1. The minimum atomic E-state index is -0.825. The summed E-state index contributed by atoms with van der Waals surface area (Å²) in [6.45, 7) is 3.60. The normalized spacial score (nSPS) is 17.8. The maximum Gasteiger partial charge on any atom is 0.277 e. The number of amides is 1. The van der Waals surface area contributed by atoms with E-state index in [0.29, 0.717) is 18.2 Å². The van der Waals surface area contributed by atoms with Gasteiger partial charge in [0.2, 0.25) is 5.89 Å². The summed E-state index contributed by atoms with van der Waals surface area (Å²) in [7, 11) is 0. The van der Waals surface area contributed by atoms with Gasteiger partial charge in [0, 0.05) is 25.3 Å². The Kier molecular flexibility index (Phi) is 8.54. The second-order valence-corrected chi connectivity index (χ2v) is 7.49. The summed E-state index contributed by atoms with van der Waals surface area (Å²) in [6, 6.07) is 5.27. The summed E-state index contributed by atoms with van der Waals surface area (Å²) >= 11 is 0. The molecule has 0 saturated carbocycles. The number of hydrogen-bond donors (Lipinski definition) is 2. The van der Waals surface area contributed by atoms with Crippen molar-refractivity contribution in [3.05, 3.63) is 60.3 Å². The summed E-state index contributed by atoms with van der Waals surface area (Å²) in [5.41, 5.74) is 6.91. The minimum Gasteiger partial charge on any atom is -0.443 e. The zero-order valence-electron chi connectivity index (χ0n) is 17.1. The summed E-state index contributed by atoms with van der Waals surface area (Å²) in [6.07, 6.45) is 5.18. The molecule has 1 fully saturated rings. The van der Waals surface area contributed by atoms with Gasteiger partial charge >= 0.3 is 0 Å². The van der Waals surface area contributed by atoms with E-state index in [9.17, 15) is 13.6 Å². The Bertz CT molecular complexity index is 1050. The van der Waals surface area contributed by atoms with Gasteiger partial charge in [0.25, 0.3) is 5.91 Å². The lowest BCUT2D eigenvalue weighted by atomic mass is 9.96. The second kappa shape index (κ2) is 10.7. The zero-order chi connectivity index (χ0) is 21.3. The Morgan fingerprint density at radius 2 is 1.94 bits per heavy atom. The molecule has 3 heterocycles. The van der Waals surface area contributed by atoms with E-state index in [1.807, 2.05) is 6.07 Å².